The van der Waals surface area contributed by atoms with Crippen LogP contribution in [0.15, 0.2) is 55.4 Å². The van der Waals surface area contributed by atoms with Crippen molar-refractivity contribution in [2.45, 2.75) is 19.3 Å². The molecule has 0 unspecified atom stereocenters. The number of fused-ring (bicyclic) bond motifs is 1. The molecule has 0 spiro atoms. The van der Waals surface area contributed by atoms with Crippen LogP contribution in [0.3, 0.4) is 0 Å². The van der Waals surface area contributed by atoms with E-state index < -0.39 is 0 Å². The van der Waals surface area contributed by atoms with Gasteiger partial charge in [0.25, 0.3) is 5.91 Å². The Morgan fingerprint density at radius 2 is 2.19 bits per heavy atom. The van der Waals surface area contributed by atoms with Gasteiger partial charge in [-0.15, -0.1) is 10.2 Å². The summed E-state index contributed by atoms with van der Waals surface area (Å²) in [5.41, 5.74) is 2.88. The quantitative estimate of drug-likeness (QED) is 0.590. The Bertz CT molecular complexity index is 1100. The molecule has 1 N–H and O–H groups in total. The number of imidazole rings is 1. The number of hydrogen-bond acceptors (Lipinski definition) is 5. The number of amides is 1. The predicted octanol–water partition coefficient (Wildman–Crippen LogP) is 2.46. The van der Waals surface area contributed by atoms with Crippen LogP contribution in [-0.4, -0.2) is 35.0 Å². The van der Waals surface area contributed by atoms with Gasteiger partial charge in [0.15, 0.2) is 5.65 Å². The van der Waals surface area contributed by atoms with Gasteiger partial charge in [0.1, 0.15) is 17.8 Å². The second-order valence-corrected chi connectivity index (χ2v) is 6.51. The number of hydrogen-bond donors (Lipinski definition) is 1. The van der Waals surface area contributed by atoms with Crippen LogP contribution in [-0.2, 0) is 13.5 Å². The summed E-state index contributed by atoms with van der Waals surface area (Å²) < 4.78 is 3.68. The Kier molecular flexibility index (Phi) is 4.37. The van der Waals surface area contributed by atoms with E-state index in [9.17, 15) is 4.79 Å². The summed E-state index contributed by atoms with van der Waals surface area (Å²) in [5, 5.41) is 11.0. The van der Waals surface area contributed by atoms with Crippen LogP contribution in [0.1, 0.15) is 34.7 Å². The molecule has 4 rings (SSSR count). The van der Waals surface area contributed by atoms with Crippen molar-refractivity contribution in [1.29, 1.82) is 0 Å². The van der Waals surface area contributed by atoms with Crippen molar-refractivity contribution in [2.24, 2.45) is 7.05 Å². The van der Waals surface area contributed by atoms with Gasteiger partial charge in [-0.05, 0) is 23.6 Å². The molecule has 8 nitrogen and oxygen atoms in total. The molecular weight excluding hydrogens is 342 g/mol. The fourth-order valence-corrected chi connectivity index (χ4v) is 2.95. The van der Waals surface area contributed by atoms with Gasteiger partial charge in [-0.1, -0.05) is 19.1 Å². The molecule has 1 aromatic carbocycles. The van der Waals surface area contributed by atoms with Crippen LogP contribution in [0, 0.1) is 0 Å². The number of carbonyl (C=O) groups excluding carboxylic acids is 1. The summed E-state index contributed by atoms with van der Waals surface area (Å²) in [6.07, 6.45) is 9.16. The van der Waals surface area contributed by atoms with Crippen molar-refractivity contribution < 1.29 is 4.79 Å². The highest BCUT2D eigenvalue weighted by molar-refractivity contribution is 6.02. The van der Waals surface area contributed by atoms with E-state index >= 15 is 0 Å². The lowest BCUT2D eigenvalue weighted by Crippen LogP contribution is -2.14. The van der Waals surface area contributed by atoms with Crippen molar-refractivity contribution in [1.82, 2.24) is 29.1 Å². The van der Waals surface area contributed by atoms with Gasteiger partial charge < -0.3 is 14.3 Å². The molecule has 0 bridgehead atoms. The van der Waals surface area contributed by atoms with E-state index in [1.165, 1.54) is 0 Å². The fourth-order valence-electron chi connectivity index (χ4n) is 2.95. The minimum Gasteiger partial charge on any atom is -0.321 e. The number of rotatable bonds is 5. The molecule has 3 heterocycles. The van der Waals surface area contributed by atoms with Crippen molar-refractivity contribution in [3.63, 3.8) is 0 Å². The molecule has 27 heavy (non-hydrogen) atoms. The normalized spacial score (nSPS) is 12.2. The number of aryl methyl sites for hydroxylation is 1. The summed E-state index contributed by atoms with van der Waals surface area (Å²) in [4.78, 5) is 20.8. The average Bonchev–Trinajstić information content (AvgIpc) is 3.30. The van der Waals surface area contributed by atoms with E-state index in [1.807, 2.05) is 35.9 Å². The van der Waals surface area contributed by atoms with Crippen LogP contribution in [0.2, 0.25) is 0 Å². The minimum atomic E-state index is -0.260. The van der Waals surface area contributed by atoms with Gasteiger partial charge in [0.05, 0.1) is 6.20 Å². The van der Waals surface area contributed by atoms with Crippen molar-refractivity contribution >= 4 is 17.2 Å². The molecule has 0 aliphatic rings. The number of benzene rings is 1. The van der Waals surface area contributed by atoms with E-state index in [0.29, 0.717) is 11.3 Å². The first-order chi connectivity index (χ1) is 13.1. The molecule has 3 aromatic heterocycles. The number of carbonyl (C=O) groups is 1. The SMILES string of the molecule is C[C@H](Cc1nncn1C)c1cccc(NC(=O)c2cn3ccnc3cn2)c1. The monoisotopic (exact) mass is 361 g/mol. The highest BCUT2D eigenvalue weighted by Gasteiger charge is 2.13. The topological polar surface area (TPSA) is 90.0 Å². The number of aromatic nitrogens is 6. The third-order valence-corrected chi connectivity index (χ3v) is 4.52. The van der Waals surface area contributed by atoms with Crippen LogP contribution < -0.4 is 5.32 Å². The van der Waals surface area contributed by atoms with Crippen molar-refractivity contribution in [3.8, 4) is 0 Å². The third kappa shape index (κ3) is 3.55. The Hall–Kier alpha value is -3.55. The smallest absolute Gasteiger partial charge is 0.275 e. The molecular formula is C19H19N7O. The molecule has 136 valence electrons. The maximum Gasteiger partial charge on any atom is 0.275 e. The number of anilines is 1. The number of nitrogens with zero attached hydrogens (tertiary/aromatic N) is 6. The zero-order valence-corrected chi connectivity index (χ0v) is 15.1. The van der Waals surface area contributed by atoms with Gasteiger partial charge in [-0.2, -0.15) is 0 Å². The molecule has 0 saturated carbocycles. The first-order valence-electron chi connectivity index (χ1n) is 8.63. The molecule has 0 saturated heterocycles. The van der Waals surface area contributed by atoms with Crippen LogP contribution in [0.5, 0.6) is 0 Å². The van der Waals surface area contributed by atoms with Gasteiger partial charge in [0.2, 0.25) is 0 Å². The number of nitrogens with one attached hydrogen (secondary N) is 1. The maximum atomic E-state index is 12.5. The lowest BCUT2D eigenvalue weighted by atomic mass is 9.97. The molecule has 0 aliphatic heterocycles. The largest absolute Gasteiger partial charge is 0.321 e. The third-order valence-electron chi connectivity index (χ3n) is 4.52. The highest BCUT2D eigenvalue weighted by atomic mass is 16.1. The van der Waals surface area contributed by atoms with Gasteiger partial charge in [-0.3, -0.25) is 4.79 Å². The molecule has 0 aliphatic carbocycles. The molecule has 4 aromatic rings. The molecule has 0 fully saturated rings. The summed E-state index contributed by atoms with van der Waals surface area (Å²) in [5.74, 6) is 0.906. The first-order valence-corrected chi connectivity index (χ1v) is 8.63. The summed E-state index contributed by atoms with van der Waals surface area (Å²) in [6, 6.07) is 7.83. The summed E-state index contributed by atoms with van der Waals surface area (Å²) in [6.45, 7) is 2.13. The van der Waals surface area contributed by atoms with Crippen LogP contribution in [0.25, 0.3) is 5.65 Å². The van der Waals surface area contributed by atoms with E-state index in [1.54, 1.807) is 35.5 Å². The molecule has 0 radical (unpaired) electrons. The summed E-state index contributed by atoms with van der Waals surface area (Å²) >= 11 is 0. The molecule has 8 heteroatoms. The van der Waals surface area contributed by atoms with Crippen LogP contribution >= 0.6 is 0 Å². The fraction of sp³-hybridized carbons (Fsp3) is 0.211. The van der Waals surface area contributed by atoms with Gasteiger partial charge in [-0.25, -0.2) is 9.97 Å². The average molecular weight is 361 g/mol. The van der Waals surface area contributed by atoms with E-state index in [4.69, 9.17) is 0 Å². The Morgan fingerprint density at radius 3 is 3.00 bits per heavy atom. The Labute approximate surface area is 155 Å². The van der Waals surface area contributed by atoms with Crippen LogP contribution in [0.4, 0.5) is 5.69 Å². The van der Waals surface area contributed by atoms with Gasteiger partial charge >= 0.3 is 0 Å². The second kappa shape index (κ2) is 6.99. The minimum absolute atomic E-state index is 0.241. The lowest BCUT2D eigenvalue weighted by Gasteiger charge is -2.13. The Morgan fingerprint density at radius 1 is 1.30 bits per heavy atom. The van der Waals surface area contributed by atoms with E-state index in [2.05, 4.69) is 32.4 Å². The van der Waals surface area contributed by atoms with E-state index in [0.717, 1.165) is 23.5 Å². The maximum absolute atomic E-state index is 12.5. The molecule has 1 atom stereocenters. The zero-order chi connectivity index (χ0) is 18.8. The zero-order valence-electron chi connectivity index (χ0n) is 15.1. The van der Waals surface area contributed by atoms with E-state index in [-0.39, 0.29) is 11.8 Å². The lowest BCUT2D eigenvalue weighted by molar-refractivity contribution is 0.102. The van der Waals surface area contributed by atoms with Crippen molar-refractivity contribution in [2.75, 3.05) is 5.32 Å². The molecule has 1 amide bonds. The second-order valence-electron chi connectivity index (χ2n) is 6.51. The highest BCUT2D eigenvalue weighted by Crippen LogP contribution is 2.22. The van der Waals surface area contributed by atoms with Crippen molar-refractivity contribution in [3.05, 3.63) is 72.5 Å². The standard InChI is InChI=1S/C19H19N7O/c1-13(8-17-24-22-12-25(17)2)14-4-3-5-15(9-14)23-19(27)16-11-26-7-6-20-18(26)10-21-16/h3-7,9-13H,8H2,1-2H3,(H,23,27)/t13-/m1/s1. The summed E-state index contributed by atoms with van der Waals surface area (Å²) in [7, 11) is 1.93. The predicted molar refractivity (Wildman–Crippen MR) is 101 cm³/mol. The van der Waals surface area contributed by atoms with Gasteiger partial charge in [0, 0.05) is 37.7 Å². The first kappa shape index (κ1) is 16.9. The Balaban J connectivity index is 1.50.